The van der Waals surface area contributed by atoms with E-state index in [1.165, 1.54) is 6.20 Å². The van der Waals surface area contributed by atoms with E-state index in [1.54, 1.807) is 6.92 Å². The number of aromatic nitrogens is 1. The second-order valence-electron chi connectivity index (χ2n) is 4.81. The maximum Gasteiger partial charge on any atom is 0.308 e. The molecule has 0 aliphatic heterocycles. The van der Waals surface area contributed by atoms with Crippen LogP contribution in [0.1, 0.15) is 24.8 Å². The first-order chi connectivity index (χ1) is 9.41. The van der Waals surface area contributed by atoms with Gasteiger partial charge in [0, 0.05) is 11.6 Å². The van der Waals surface area contributed by atoms with Crippen LogP contribution in [0.25, 0.3) is 0 Å². The van der Waals surface area contributed by atoms with E-state index in [-0.39, 0.29) is 11.7 Å². The van der Waals surface area contributed by atoms with E-state index in [0.717, 1.165) is 12.8 Å². The first-order valence-electron chi connectivity index (χ1n) is 6.20. The van der Waals surface area contributed by atoms with E-state index in [9.17, 15) is 14.9 Å². The fourth-order valence-corrected chi connectivity index (χ4v) is 2.88. The minimum Gasteiger partial charge on any atom is -0.481 e. The van der Waals surface area contributed by atoms with Gasteiger partial charge in [0.05, 0.1) is 15.3 Å². The van der Waals surface area contributed by atoms with Gasteiger partial charge in [-0.2, -0.15) is 0 Å². The normalized spacial score (nSPS) is 21.7. The molecule has 0 radical (unpaired) electrons. The van der Waals surface area contributed by atoms with Crippen LogP contribution in [0.15, 0.2) is 10.7 Å². The van der Waals surface area contributed by atoms with Crippen molar-refractivity contribution in [3.8, 4) is 0 Å². The van der Waals surface area contributed by atoms with Crippen LogP contribution < -0.4 is 5.32 Å². The third-order valence-electron chi connectivity index (χ3n) is 3.59. The van der Waals surface area contributed by atoms with Crippen molar-refractivity contribution in [1.82, 2.24) is 4.98 Å². The molecule has 0 aromatic carbocycles. The van der Waals surface area contributed by atoms with E-state index in [1.807, 2.05) is 0 Å². The summed E-state index contributed by atoms with van der Waals surface area (Å²) < 4.78 is 0.503. The second kappa shape index (κ2) is 5.74. The Kier molecular flexibility index (Phi) is 4.22. The number of anilines is 1. The average Bonchev–Trinajstić information content (AvgIpc) is 2.83. The van der Waals surface area contributed by atoms with Crippen molar-refractivity contribution in [3.05, 3.63) is 26.3 Å². The van der Waals surface area contributed by atoms with E-state index in [2.05, 4.69) is 26.2 Å². The highest BCUT2D eigenvalue weighted by Crippen LogP contribution is 2.34. The first-order valence-corrected chi connectivity index (χ1v) is 7.00. The summed E-state index contributed by atoms with van der Waals surface area (Å²) in [6.45, 7) is 1.62. The highest BCUT2D eigenvalue weighted by molar-refractivity contribution is 9.10. The average molecular weight is 344 g/mol. The van der Waals surface area contributed by atoms with Crippen LogP contribution in [0.4, 0.5) is 11.5 Å². The van der Waals surface area contributed by atoms with Gasteiger partial charge in [-0.3, -0.25) is 14.9 Å². The maximum atomic E-state index is 11.1. The molecule has 0 saturated heterocycles. The van der Waals surface area contributed by atoms with Crippen molar-refractivity contribution in [2.75, 3.05) is 5.32 Å². The molecule has 0 bridgehead atoms. The van der Waals surface area contributed by atoms with Gasteiger partial charge in [-0.1, -0.05) is 6.42 Å². The number of halogens is 1. The smallest absolute Gasteiger partial charge is 0.308 e. The first kappa shape index (κ1) is 14.7. The summed E-state index contributed by atoms with van der Waals surface area (Å²) >= 11 is 3.29. The molecule has 1 aliphatic carbocycles. The number of aliphatic carboxylic acids is 1. The number of nitrogens with one attached hydrogen (secondary N) is 1. The molecule has 7 nitrogen and oxygen atoms in total. The largest absolute Gasteiger partial charge is 0.481 e. The predicted molar refractivity (Wildman–Crippen MR) is 75.7 cm³/mol. The van der Waals surface area contributed by atoms with E-state index < -0.39 is 16.8 Å². The molecule has 1 aromatic rings. The number of hydrogen-bond donors (Lipinski definition) is 2. The zero-order valence-electron chi connectivity index (χ0n) is 10.8. The molecule has 0 spiro atoms. The lowest BCUT2D eigenvalue weighted by molar-refractivity contribution is -0.385. The van der Waals surface area contributed by atoms with Crippen LogP contribution in [-0.2, 0) is 4.79 Å². The highest BCUT2D eigenvalue weighted by atomic mass is 79.9. The van der Waals surface area contributed by atoms with Gasteiger partial charge < -0.3 is 10.4 Å². The Bertz CT molecular complexity index is 564. The lowest BCUT2D eigenvalue weighted by atomic mass is 10.0. The summed E-state index contributed by atoms with van der Waals surface area (Å²) in [5, 5.41) is 23.0. The SMILES string of the molecule is Cc1c([N+](=O)[O-])cnc(NC2CCCC2C(=O)O)c1Br. The Morgan fingerprint density at radius 1 is 1.60 bits per heavy atom. The molecule has 2 N–H and O–H groups in total. The van der Waals surface area contributed by atoms with E-state index >= 15 is 0 Å². The number of hydrogen-bond acceptors (Lipinski definition) is 5. The Morgan fingerprint density at radius 2 is 2.30 bits per heavy atom. The number of carboxylic acids is 1. The van der Waals surface area contributed by atoms with E-state index in [4.69, 9.17) is 5.11 Å². The van der Waals surface area contributed by atoms with Gasteiger partial charge in [-0.25, -0.2) is 4.98 Å². The van der Waals surface area contributed by atoms with Crippen LogP contribution in [0.5, 0.6) is 0 Å². The lowest BCUT2D eigenvalue weighted by Crippen LogP contribution is -2.30. The van der Waals surface area contributed by atoms with Crippen LogP contribution in [0.2, 0.25) is 0 Å². The number of nitro groups is 1. The molecule has 108 valence electrons. The molecule has 2 rings (SSSR count). The zero-order valence-corrected chi connectivity index (χ0v) is 12.4. The van der Waals surface area contributed by atoms with Crippen LogP contribution in [0, 0.1) is 23.0 Å². The molecular formula is C12H14BrN3O4. The molecule has 8 heteroatoms. The van der Waals surface area contributed by atoms with Crippen molar-refractivity contribution >= 4 is 33.4 Å². The summed E-state index contributed by atoms with van der Waals surface area (Å²) in [5.41, 5.74) is 0.404. The quantitative estimate of drug-likeness (QED) is 0.643. The van der Waals surface area contributed by atoms with Crippen molar-refractivity contribution in [2.24, 2.45) is 5.92 Å². The molecule has 1 aromatic heterocycles. The van der Waals surface area contributed by atoms with Crippen molar-refractivity contribution < 1.29 is 14.8 Å². The van der Waals surface area contributed by atoms with Crippen LogP contribution in [0.3, 0.4) is 0 Å². The summed E-state index contributed by atoms with van der Waals surface area (Å²) in [6.07, 6.45) is 3.42. The molecule has 1 saturated carbocycles. The summed E-state index contributed by atoms with van der Waals surface area (Å²) in [5.74, 6) is -0.819. The lowest BCUT2D eigenvalue weighted by Gasteiger charge is -2.19. The molecule has 20 heavy (non-hydrogen) atoms. The van der Waals surface area contributed by atoms with Gasteiger partial charge in [0.1, 0.15) is 12.0 Å². The summed E-state index contributed by atoms with van der Waals surface area (Å²) in [6, 6.07) is -0.197. The van der Waals surface area contributed by atoms with Gasteiger partial charge in [-0.05, 0) is 35.7 Å². The minimum atomic E-state index is -0.824. The van der Waals surface area contributed by atoms with Crippen LogP contribution in [-0.4, -0.2) is 27.0 Å². The zero-order chi connectivity index (χ0) is 14.9. The standard InChI is InChI=1S/C12H14BrN3O4/c1-6-9(16(19)20)5-14-11(10(6)13)15-8-4-2-3-7(8)12(17)18/h5,7-8H,2-4H2,1H3,(H,14,15)(H,17,18). The molecule has 0 amide bonds. The monoisotopic (exact) mass is 343 g/mol. The second-order valence-corrected chi connectivity index (χ2v) is 5.61. The van der Waals surface area contributed by atoms with Gasteiger partial charge in [-0.15, -0.1) is 0 Å². The minimum absolute atomic E-state index is 0.0661. The van der Waals surface area contributed by atoms with Gasteiger partial charge in [0.2, 0.25) is 0 Å². The molecule has 1 fully saturated rings. The fourth-order valence-electron chi connectivity index (χ4n) is 2.46. The number of carboxylic acid groups (broad SMARTS) is 1. The molecular weight excluding hydrogens is 330 g/mol. The Labute approximate surface area is 123 Å². The Hall–Kier alpha value is -1.70. The fraction of sp³-hybridized carbons (Fsp3) is 0.500. The maximum absolute atomic E-state index is 11.1. The summed E-state index contributed by atoms with van der Waals surface area (Å²) in [7, 11) is 0. The number of carbonyl (C=O) groups is 1. The molecule has 2 atom stereocenters. The number of pyridine rings is 1. The summed E-state index contributed by atoms with van der Waals surface area (Å²) in [4.78, 5) is 25.5. The molecule has 2 unspecified atom stereocenters. The Morgan fingerprint density at radius 3 is 2.90 bits per heavy atom. The third-order valence-corrected chi connectivity index (χ3v) is 4.56. The number of nitrogens with zero attached hydrogens (tertiary/aromatic N) is 2. The van der Waals surface area contributed by atoms with E-state index in [0.29, 0.717) is 22.3 Å². The molecule has 1 heterocycles. The predicted octanol–water partition coefficient (Wildman–Crippen LogP) is 2.73. The topological polar surface area (TPSA) is 105 Å². The van der Waals surface area contributed by atoms with Crippen molar-refractivity contribution in [3.63, 3.8) is 0 Å². The van der Waals surface area contributed by atoms with Gasteiger partial charge in [0.25, 0.3) is 5.69 Å². The highest BCUT2D eigenvalue weighted by Gasteiger charge is 2.33. The van der Waals surface area contributed by atoms with Crippen molar-refractivity contribution in [1.29, 1.82) is 0 Å². The van der Waals surface area contributed by atoms with Crippen LogP contribution >= 0.6 is 15.9 Å². The van der Waals surface area contributed by atoms with Gasteiger partial charge in [0.15, 0.2) is 0 Å². The van der Waals surface area contributed by atoms with Gasteiger partial charge >= 0.3 is 5.97 Å². The van der Waals surface area contributed by atoms with Crippen molar-refractivity contribution in [2.45, 2.75) is 32.2 Å². The molecule has 1 aliphatic rings. The third kappa shape index (κ3) is 2.74. The Balaban J connectivity index is 2.24. The number of rotatable bonds is 4.